The summed E-state index contributed by atoms with van der Waals surface area (Å²) in [5, 5.41) is 11.0. The molecule has 0 spiro atoms. The number of anilines is 1. The van der Waals surface area contributed by atoms with Crippen LogP contribution in [0.5, 0.6) is 0 Å². The normalized spacial score (nSPS) is 11.9. The van der Waals surface area contributed by atoms with Gasteiger partial charge in [0.15, 0.2) is 0 Å². The number of amides is 1. The van der Waals surface area contributed by atoms with E-state index in [1.54, 1.807) is 23.9 Å². The molecule has 1 heterocycles. The molecule has 5 nitrogen and oxygen atoms in total. The predicted molar refractivity (Wildman–Crippen MR) is 101 cm³/mol. The SMILES string of the molecule is CCc1nc(S[C@H](C)c2cccc(NC(=O)c3ccccc3)c2)n[nH]1. The first kappa shape index (κ1) is 17.2. The fourth-order valence-corrected chi connectivity index (χ4v) is 3.24. The summed E-state index contributed by atoms with van der Waals surface area (Å²) >= 11 is 1.59. The summed E-state index contributed by atoms with van der Waals surface area (Å²) in [6.07, 6.45) is 0.836. The number of H-pyrrole nitrogens is 1. The van der Waals surface area contributed by atoms with Crippen LogP contribution in [0.4, 0.5) is 5.69 Å². The molecule has 3 aromatic rings. The van der Waals surface area contributed by atoms with E-state index in [0.29, 0.717) is 5.56 Å². The molecule has 3 rings (SSSR count). The number of aryl methyl sites for hydroxylation is 1. The minimum Gasteiger partial charge on any atom is -0.322 e. The van der Waals surface area contributed by atoms with Crippen LogP contribution in [0.2, 0.25) is 0 Å². The van der Waals surface area contributed by atoms with Gasteiger partial charge in [-0.15, -0.1) is 5.10 Å². The maximum absolute atomic E-state index is 12.3. The Morgan fingerprint density at radius 1 is 1.20 bits per heavy atom. The number of carbonyl (C=O) groups is 1. The molecular weight excluding hydrogens is 332 g/mol. The van der Waals surface area contributed by atoms with Crippen LogP contribution >= 0.6 is 11.8 Å². The van der Waals surface area contributed by atoms with E-state index in [2.05, 4.69) is 27.4 Å². The summed E-state index contributed by atoms with van der Waals surface area (Å²) < 4.78 is 0. The molecular formula is C19H20N4OS. The first-order chi connectivity index (χ1) is 12.2. The summed E-state index contributed by atoms with van der Waals surface area (Å²) in [7, 11) is 0. The van der Waals surface area contributed by atoms with Gasteiger partial charge in [0.2, 0.25) is 5.16 Å². The molecule has 0 saturated heterocycles. The van der Waals surface area contributed by atoms with E-state index < -0.39 is 0 Å². The first-order valence-corrected chi connectivity index (χ1v) is 9.08. The minimum absolute atomic E-state index is 0.111. The van der Waals surface area contributed by atoms with Crippen LogP contribution in [0.3, 0.4) is 0 Å². The average Bonchev–Trinajstić information content (AvgIpc) is 3.10. The van der Waals surface area contributed by atoms with Gasteiger partial charge in [-0.2, -0.15) is 0 Å². The maximum atomic E-state index is 12.3. The Balaban J connectivity index is 1.69. The van der Waals surface area contributed by atoms with Crippen molar-refractivity contribution in [2.24, 2.45) is 0 Å². The molecule has 0 aliphatic carbocycles. The Kier molecular flexibility index (Phi) is 5.50. The molecule has 1 aromatic heterocycles. The number of nitrogens with one attached hydrogen (secondary N) is 2. The monoisotopic (exact) mass is 352 g/mol. The maximum Gasteiger partial charge on any atom is 0.255 e. The number of nitrogens with zero attached hydrogens (tertiary/aromatic N) is 2. The highest BCUT2D eigenvalue weighted by Crippen LogP contribution is 2.33. The topological polar surface area (TPSA) is 70.7 Å². The van der Waals surface area contributed by atoms with E-state index >= 15 is 0 Å². The fourth-order valence-electron chi connectivity index (χ4n) is 2.38. The van der Waals surface area contributed by atoms with Crippen LogP contribution in [-0.2, 0) is 6.42 Å². The van der Waals surface area contributed by atoms with Crippen molar-refractivity contribution >= 4 is 23.4 Å². The lowest BCUT2D eigenvalue weighted by atomic mass is 10.1. The summed E-state index contributed by atoms with van der Waals surface area (Å²) in [5.74, 6) is 0.776. The van der Waals surface area contributed by atoms with Crippen LogP contribution in [0.1, 0.15) is 40.8 Å². The van der Waals surface area contributed by atoms with Crippen molar-refractivity contribution in [2.45, 2.75) is 30.7 Å². The Morgan fingerprint density at radius 2 is 2.00 bits per heavy atom. The third-order valence-corrected chi connectivity index (χ3v) is 4.80. The quantitative estimate of drug-likeness (QED) is 0.642. The van der Waals surface area contributed by atoms with Gasteiger partial charge in [-0.1, -0.05) is 49.0 Å². The molecule has 1 amide bonds. The standard InChI is InChI=1S/C19H20N4OS/c1-3-17-21-19(23-22-17)25-13(2)15-10-7-11-16(12-15)20-18(24)14-8-5-4-6-9-14/h4-13H,3H2,1-2H3,(H,20,24)(H,21,22,23)/t13-/m1/s1. The highest BCUT2D eigenvalue weighted by Gasteiger charge is 2.12. The van der Waals surface area contributed by atoms with Gasteiger partial charge in [0.1, 0.15) is 5.82 Å². The number of aromatic nitrogens is 3. The molecule has 0 radical (unpaired) electrons. The van der Waals surface area contributed by atoms with Crippen molar-refractivity contribution in [3.05, 3.63) is 71.5 Å². The van der Waals surface area contributed by atoms with Crippen LogP contribution in [0.15, 0.2) is 59.8 Å². The molecule has 128 valence electrons. The van der Waals surface area contributed by atoms with Gasteiger partial charge in [-0.25, -0.2) is 4.98 Å². The highest BCUT2D eigenvalue weighted by molar-refractivity contribution is 7.99. The number of carbonyl (C=O) groups excluding carboxylic acids is 1. The molecule has 0 unspecified atom stereocenters. The lowest BCUT2D eigenvalue weighted by molar-refractivity contribution is 0.102. The molecule has 0 aliphatic heterocycles. The Morgan fingerprint density at radius 3 is 2.72 bits per heavy atom. The lowest BCUT2D eigenvalue weighted by Gasteiger charge is -2.12. The van der Waals surface area contributed by atoms with Gasteiger partial charge in [0, 0.05) is 22.9 Å². The van der Waals surface area contributed by atoms with Crippen molar-refractivity contribution < 1.29 is 4.79 Å². The second-order valence-electron chi connectivity index (χ2n) is 5.62. The average molecular weight is 352 g/mol. The van der Waals surface area contributed by atoms with E-state index in [9.17, 15) is 4.79 Å². The smallest absolute Gasteiger partial charge is 0.255 e. The van der Waals surface area contributed by atoms with E-state index in [1.807, 2.05) is 49.4 Å². The number of rotatable bonds is 6. The fraction of sp³-hybridized carbons (Fsp3) is 0.211. The molecule has 6 heteroatoms. The van der Waals surface area contributed by atoms with Gasteiger partial charge < -0.3 is 5.32 Å². The van der Waals surface area contributed by atoms with Gasteiger partial charge in [-0.3, -0.25) is 9.89 Å². The van der Waals surface area contributed by atoms with Crippen LogP contribution in [-0.4, -0.2) is 21.1 Å². The molecule has 0 aliphatic rings. The van der Waals surface area contributed by atoms with Crippen molar-refractivity contribution in [2.75, 3.05) is 5.32 Å². The second kappa shape index (κ2) is 7.98. The third kappa shape index (κ3) is 4.48. The molecule has 0 fully saturated rings. The zero-order valence-electron chi connectivity index (χ0n) is 14.2. The Labute approximate surface area is 151 Å². The van der Waals surface area contributed by atoms with E-state index in [-0.39, 0.29) is 11.2 Å². The molecule has 0 bridgehead atoms. The lowest BCUT2D eigenvalue weighted by Crippen LogP contribution is -2.11. The number of thioether (sulfide) groups is 1. The van der Waals surface area contributed by atoms with E-state index in [4.69, 9.17) is 0 Å². The molecule has 2 N–H and O–H groups in total. The van der Waals surface area contributed by atoms with Crippen LogP contribution in [0.25, 0.3) is 0 Å². The molecule has 0 saturated carbocycles. The highest BCUT2D eigenvalue weighted by atomic mass is 32.2. The number of aromatic amines is 1. The first-order valence-electron chi connectivity index (χ1n) is 8.20. The van der Waals surface area contributed by atoms with Gasteiger partial charge in [-0.05, 0) is 36.8 Å². The largest absolute Gasteiger partial charge is 0.322 e. The Bertz CT molecular complexity index is 847. The van der Waals surface area contributed by atoms with Gasteiger partial charge >= 0.3 is 0 Å². The van der Waals surface area contributed by atoms with Crippen molar-refractivity contribution in [3.8, 4) is 0 Å². The number of hydrogen-bond acceptors (Lipinski definition) is 4. The van der Waals surface area contributed by atoms with E-state index in [0.717, 1.165) is 28.7 Å². The van der Waals surface area contributed by atoms with Gasteiger partial charge in [0.05, 0.1) is 0 Å². The van der Waals surface area contributed by atoms with Crippen molar-refractivity contribution in [1.82, 2.24) is 15.2 Å². The molecule has 1 atom stereocenters. The van der Waals surface area contributed by atoms with E-state index in [1.165, 1.54) is 0 Å². The third-order valence-electron chi connectivity index (χ3n) is 3.78. The summed E-state index contributed by atoms with van der Waals surface area (Å²) in [5.41, 5.74) is 2.53. The summed E-state index contributed by atoms with van der Waals surface area (Å²) in [6.45, 7) is 4.14. The zero-order chi connectivity index (χ0) is 17.6. The zero-order valence-corrected chi connectivity index (χ0v) is 15.0. The second-order valence-corrected chi connectivity index (χ2v) is 6.93. The number of benzene rings is 2. The summed E-state index contributed by atoms with van der Waals surface area (Å²) in [6, 6.07) is 17.1. The summed E-state index contributed by atoms with van der Waals surface area (Å²) in [4.78, 5) is 16.7. The molecule has 2 aromatic carbocycles. The predicted octanol–water partition coefficient (Wildman–Crippen LogP) is 4.47. The van der Waals surface area contributed by atoms with Gasteiger partial charge in [0.25, 0.3) is 5.91 Å². The van der Waals surface area contributed by atoms with Crippen LogP contribution < -0.4 is 5.32 Å². The Hall–Kier alpha value is -2.60. The minimum atomic E-state index is -0.111. The van der Waals surface area contributed by atoms with Crippen molar-refractivity contribution in [3.63, 3.8) is 0 Å². The number of hydrogen-bond donors (Lipinski definition) is 2. The molecule has 25 heavy (non-hydrogen) atoms. The van der Waals surface area contributed by atoms with Crippen molar-refractivity contribution in [1.29, 1.82) is 0 Å². The van der Waals surface area contributed by atoms with Crippen LogP contribution in [0, 0.1) is 0 Å².